The lowest BCUT2D eigenvalue weighted by Gasteiger charge is -1.97. The Morgan fingerprint density at radius 3 is 1.09 bits per heavy atom. The Morgan fingerprint density at radius 2 is 1.09 bits per heavy atom. The molecule has 4 rings (SSSR count). The van der Waals surface area contributed by atoms with Crippen LogP contribution in [0, 0.1) is 38.9 Å². The summed E-state index contributed by atoms with van der Waals surface area (Å²) in [6.45, 7) is 25.3. The Balaban J connectivity index is -0.000000323. The maximum Gasteiger partial charge on any atom is 0.0686 e. The minimum atomic E-state index is 0.0972. The molecule has 4 saturated carbocycles. The second kappa shape index (κ2) is 18.0. The Hall–Kier alpha value is -1.36. The Bertz CT molecular complexity index is 550. The van der Waals surface area contributed by atoms with Gasteiger partial charge in [0.1, 0.15) is 0 Å². The van der Waals surface area contributed by atoms with E-state index < -0.39 is 0 Å². The standard InChI is InChI=1S/C5H11N.C5H7N.C5H10.C4H9N.C4H8.C3H5N.C3H8/c2*1-5(4-6)2-3-5;1-5(2)3-4-5;1-4(5)2-3-4;1-4(2)3;1-2-3-4;1-3-2/h2-4,6H2,1H3;2-3H2,1H3;3-4H2,1-2H3;2-3,5H2,1H3;1H2,2-3H3;2H2,1H3;3H2,1-2H3. The molecule has 0 spiro atoms. The van der Waals surface area contributed by atoms with E-state index in [1.165, 1.54) is 50.5 Å². The van der Waals surface area contributed by atoms with Crippen LogP contribution >= 0.6 is 0 Å². The van der Waals surface area contributed by atoms with Crippen molar-refractivity contribution < 1.29 is 0 Å². The number of nitrogens with two attached hydrogens (primary N) is 2. The van der Waals surface area contributed by atoms with Gasteiger partial charge in [-0.2, -0.15) is 10.5 Å². The van der Waals surface area contributed by atoms with Crippen LogP contribution in [0.2, 0.25) is 0 Å². The number of nitrogens with zero attached hydrogens (tertiary/aromatic N) is 2. The second-order valence-corrected chi connectivity index (χ2v) is 11.9. The van der Waals surface area contributed by atoms with E-state index in [9.17, 15) is 0 Å². The van der Waals surface area contributed by atoms with E-state index in [0.717, 1.165) is 24.8 Å². The zero-order chi connectivity index (χ0) is 26.8. The van der Waals surface area contributed by atoms with Crippen LogP contribution in [0.3, 0.4) is 0 Å². The van der Waals surface area contributed by atoms with Gasteiger partial charge in [-0.05, 0) is 96.4 Å². The molecule has 4 aliphatic carbocycles. The van der Waals surface area contributed by atoms with E-state index >= 15 is 0 Å². The molecule has 4 fully saturated rings. The Labute approximate surface area is 208 Å². The molecule has 4 N–H and O–H groups in total. The first kappa shape index (κ1) is 36.2. The smallest absolute Gasteiger partial charge is 0.0686 e. The van der Waals surface area contributed by atoms with Gasteiger partial charge in [0.2, 0.25) is 0 Å². The van der Waals surface area contributed by atoms with Crippen LogP contribution in [0.1, 0.15) is 133 Å². The van der Waals surface area contributed by atoms with Crippen LogP contribution in [0.25, 0.3) is 0 Å². The first-order chi connectivity index (χ1) is 15.0. The molecule has 0 aromatic carbocycles. The SMILES string of the molecule is C=C(C)C.CC1(C#N)CC1.CC1(C)CC1.CC1(CN)CC1.CC1(N)CC1.CCC.CCC#N. The van der Waals surface area contributed by atoms with Crippen molar-refractivity contribution in [2.24, 2.45) is 27.7 Å². The van der Waals surface area contributed by atoms with E-state index in [-0.39, 0.29) is 11.0 Å². The summed E-state index contributed by atoms with van der Waals surface area (Å²) in [4.78, 5) is 0. The monoisotopic (exact) mass is 462 g/mol. The summed E-state index contributed by atoms with van der Waals surface area (Å²) >= 11 is 0. The van der Waals surface area contributed by atoms with E-state index in [2.05, 4.69) is 54.2 Å². The van der Waals surface area contributed by atoms with Crippen LogP contribution in [0.4, 0.5) is 0 Å². The summed E-state index contributed by atoms with van der Waals surface area (Å²) in [6, 6.07) is 4.15. The predicted molar refractivity (Wildman–Crippen MR) is 147 cm³/mol. The fraction of sp³-hybridized carbons (Fsp3) is 0.862. The second-order valence-electron chi connectivity index (χ2n) is 11.9. The first-order valence-electron chi connectivity index (χ1n) is 12.9. The molecule has 0 unspecified atom stereocenters. The summed E-state index contributed by atoms with van der Waals surface area (Å²) in [6.07, 6.45) is 12.2. The Morgan fingerprint density at radius 1 is 0.818 bits per heavy atom. The van der Waals surface area contributed by atoms with Gasteiger partial charge in [0.25, 0.3) is 0 Å². The van der Waals surface area contributed by atoms with Crippen molar-refractivity contribution in [3.63, 3.8) is 0 Å². The maximum absolute atomic E-state index is 8.22. The lowest BCUT2D eigenvalue weighted by atomic mass is 10.2. The third-order valence-corrected chi connectivity index (χ3v) is 5.31. The zero-order valence-electron chi connectivity index (χ0n) is 24.0. The number of nitriles is 2. The van der Waals surface area contributed by atoms with Crippen LogP contribution in [0.5, 0.6) is 0 Å². The van der Waals surface area contributed by atoms with Crippen LogP contribution in [0.15, 0.2) is 12.2 Å². The van der Waals surface area contributed by atoms with Gasteiger partial charge in [-0.3, -0.25) is 0 Å². The summed E-state index contributed by atoms with van der Waals surface area (Å²) < 4.78 is 0. The van der Waals surface area contributed by atoms with Gasteiger partial charge in [-0.1, -0.05) is 53.5 Å². The number of rotatable bonds is 1. The Kier molecular flexibility index (Phi) is 19.8. The lowest BCUT2D eigenvalue weighted by Crippen LogP contribution is -2.14. The molecule has 0 atom stereocenters. The number of allylic oxidation sites excluding steroid dienone is 1. The minimum Gasteiger partial charge on any atom is -0.330 e. The average Bonchev–Trinajstić information content (AvgIpc) is 3.56. The molecule has 0 aromatic rings. The van der Waals surface area contributed by atoms with Gasteiger partial charge >= 0.3 is 0 Å². The normalized spacial score (nSPS) is 20.5. The zero-order valence-corrected chi connectivity index (χ0v) is 24.0. The highest BCUT2D eigenvalue weighted by Gasteiger charge is 2.37. The molecule has 33 heavy (non-hydrogen) atoms. The van der Waals surface area contributed by atoms with Crippen molar-refractivity contribution in [1.29, 1.82) is 10.5 Å². The predicted octanol–water partition coefficient (Wildman–Crippen LogP) is 8.28. The largest absolute Gasteiger partial charge is 0.330 e. The number of hydrogen-bond donors (Lipinski definition) is 2. The minimum absolute atomic E-state index is 0.0972. The van der Waals surface area contributed by atoms with Crippen molar-refractivity contribution >= 4 is 0 Å². The summed E-state index contributed by atoms with van der Waals surface area (Å²) in [5.41, 5.74) is 13.7. The summed E-state index contributed by atoms with van der Waals surface area (Å²) in [7, 11) is 0. The average molecular weight is 463 g/mol. The van der Waals surface area contributed by atoms with Crippen molar-refractivity contribution in [2.75, 3.05) is 6.54 Å². The quantitative estimate of drug-likeness (QED) is 0.383. The summed E-state index contributed by atoms with van der Waals surface area (Å²) in [5.74, 6) is 0. The van der Waals surface area contributed by atoms with Gasteiger partial charge in [-0.25, -0.2) is 0 Å². The molecule has 4 aliphatic rings. The molecular formula is C29H58N4. The van der Waals surface area contributed by atoms with Gasteiger partial charge in [0.15, 0.2) is 0 Å². The highest BCUT2D eigenvalue weighted by atomic mass is 14.8. The molecule has 0 aliphatic heterocycles. The third kappa shape index (κ3) is 38.2. The fourth-order valence-corrected chi connectivity index (χ4v) is 1.16. The van der Waals surface area contributed by atoms with Crippen molar-refractivity contribution in [2.45, 2.75) is 139 Å². The van der Waals surface area contributed by atoms with Crippen LogP contribution in [-0.4, -0.2) is 12.1 Å². The van der Waals surface area contributed by atoms with Gasteiger partial charge < -0.3 is 11.5 Å². The fourth-order valence-electron chi connectivity index (χ4n) is 1.16. The van der Waals surface area contributed by atoms with Gasteiger partial charge in [0.05, 0.1) is 17.6 Å². The highest BCUT2D eigenvalue weighted by Crippen LogP contribution is 2.44. The van der Waals surface area contributed by atoms with Crippen molar-refractivity contribution in [3.05, 3.63) is 12.2 Å². The molecule has 0 aromatic heterocycles. The molecule has 0 radical (unpaired) electrons. The molecule has 194 valence electrons. The third-order valence-electron chi connectivity index (χ3n) is 5.31. The highest BCUT2D eigenvalue weighted by molar-refractivity contribution is 5.06. The molecule has 0 saturated heterocycles. The van der Waals surface area contributed by atoms with Crippen molar-refractivity contribution in [1.82, 2.24) is 0 Å². The molecule has 0 heterocycles. The molecule has 4 nitrogen and oxygen atoms in total. The molecule has 0 bridgehead atoms. The lowest BCUT2D eigenvalue weighted by molar-refractivity contribution is 0.588. The van der Waals surface area contributed by atoms with E-state index in [0.29, 0.717) is 11.8 Å². The summed E-state index contributed by atoms with van der Waals surface area (Å²) in [5, 5.41) is 15.8. The molecule has 0 amide bonds. The number of hydrogen-bond acceptors (Lipinski definition) is 4. The maximum atomic E-state index is 8.22. The van der Waals surface area contributed by atoms with E-state index in [1.807, 2.05) is 33.8 Å². The van der Waals surface area contributed by atoms with E-state index in [4.69, 9.17) is 22.0 Å². The van der Waals surface area contributed by atoms with E-state index in [1.54, 1.807) is 0 Å². The molecule has 4 heteroatoms. The molecular weight excluding hydrogens is 404 g/mol. The van der Waals surface area contributed by atoms with Gasteiger partial charge in [-0.15, -0.1) is 6.58 Å². The first-order valence-corrected chi connectivity index (χ1v) is 12.9. The van der Waals surface area contributed by atoms with Crippen LogP contribution < -0.4 is 11.5 Å². The van der Waals surface area contributed by atoms with Crippen LogP contribution in [-0.2, 0) is 0 Å². The topological polar surface area (TPSA) is 99.6 Å². The van der Waals surface area contributed by atoms with Crippen molar-refractivity contribution in [3.8, 4) is 12.1 Å². The van der Waals surface area contributed by atoms with Gasteiger partial charge in [0, 0.05) is 12.0 Å².